The van der Waals surface area contributed by atoms with E-state index in [1.54, 1.807) is 32.2 Å². The summed E-state index contributed by atoms with van der Waals surface area (Å²) in [6.07, 6.45) is 1.49. The van der Waals surface area contributed by atoms with Gasteiger partial charge in [0.05, 0.1) is 11.9 Å². The van der Waals surface area contributed by atoms with Gasteiger partial charge in [-0.3, -0.25) is 9.48 Å². The van der Waals surface area contributed by atoms with Crippen LogP contribution >= 0.6 is 11.6 Å². The molecule has 1 aromatic carbocycles. The number of carbonyl (C=O) groups excluding carboxylic acids is 1. The number of anilines is 2. The number of hydrogen-bond acceptors (Lipinski definition) is 3. The first kappa shape index (κ1) is 12.4. The van der Waals surface area contributed by atoms with Crippen LogP contribution in [0.1, 0.15) is 15.9 Å². The normalized spacial score (nSPS) is 10.4. The molecule has 2 rings (SSSR count). The third kappa shape index (κ3) is 2.17. The molecule has 0 bridgehead atoms. The van der Waals surface area contributed by atoms with E-state index >= 15 is 0 Å². The Balaban J connectivity index is 2.31. The van der Waals surface area contributed by atoms with E-state index in [-0.39, 0.29) is 5.91 Å². The molecule has 0 unspecified atom stereocenters. The van der Waals surface area contributed by atoms with Gasteiger partial charge in [-0.1, -0.05) is 17.7 Å². The average molecular weight is 265 g/mol. The van der Waals surface area contributed by atoms with Crippen molar-refractivity contribution < 1.29 is 4.79 Å². The number of aromatic nitrogens is 2. The Morgan fingerprint density at radius 2 is 2.22 bits per heavy atom. The molecule has 0 atom stereocenters. The fourth-order valence-electron chi connectivity index (χ4n) is 1.64. The summed E-state index contributed by atoms with van der Waals surface area (Å²) in [5.41, 5.74) is 7.38. The monoisotopic (exact) mass is 264 g/mol. The number of amides is 1. The minimum atomic E-state index is -0.259. The molecule has 0 radical (unpaired) electrons. The topological polar surface area (TPSA) is 72.9 Å². The van der Waals surface area contributed by atoms with Crippen LogP contribution in [0.25, 0.3) is 0 Å². The lowest BCUT2D eigenvalue weighted by molar-refractivity contribution is 0.102. The minimum Gasteiger partial charge on any atom is -0.394 e. The Morgan fingerprint density at radius 3 is 2.83 bits per heavy atom. The van der Waals surface area contributed by atoms with Gasteiger partial charge in [-0.15, -0.1) is 0 Å². The molecule has 3 N–H and O–H groups in total. The molecule has 6 heteroatoms. The molecule has 1 heterocycles. The van der Waals surface area contributed by atoms with E-state index in [1.165, 1.54) is 10.9 Å². The minimum absolute atomic E-state index is 0.259. The maximum atomic E-state index is 12.1. The van der Waals surface area contributed by atoms with Crippen molar-refractivity contribution in [3.8, 4) is 0 Å². The number of benzene rings is 1. The Bertz CT molecular complexity index is 587. The molecule has 1 aromatic heterocycles. The van der Waals surface area contributed by atoms with E-state index in [9.17, 15) is 4.79 Å². The molecule has 5 nitrogen and oxygen atoms in total. The SMILES string of the molecule is Cc1c(Cl)cccc1C(=O)Nc1c(N)cnn1C. The lowest BCUT2D eigenvalue weighted by Crippen LogP contribution is -2.16. The highest BCUT2D eigenvalue weighted by Gasteiger charge is 2.14. The highest BCUT2D eigenvalue weighted by atomic mass is 35.5. The number of aryl methyl sites for hydroxylation is 1. The van der Waals surface area contributed by atoms with Crippen LogP contribution in [-0.4, -0.2) is 15.7 Å². The first-order valence-electron chi connectivity index (χ1n) is 5.34. The first-order chi connectivity index (χ1) is 8.50. The van der Waals surface area contributed by atoms with Gasteiger partial charge in [-0.05, 0) is 24.6 Å². The Labute approximate surface area is 110 Å². The molecule has 1 amide bonds. The molecule has 0 aliphatic heterocycles. The van der Waals surface area contributed by atoms with Gasteiger partial charge in [-0.2, -0.15) is 5.10 Å². The number of carbonyl (C=O) groups is 1. The Kier molecular flexibility index (Phi) is 3.25. The summed E-state index contributed by atoms with van der Waals surface area (Å²) in [7, 11) is 1.71. The summed E-state index contributed by atoms with van der Waals surface area (Å²) in [5.74, 6) is 0.213. The predicted molar refractivity (Wildman–Crippen MR) is 71.8 cm³/mol. The summed E-state index contributed by atoms with van der Waals surface area (Å²) >= 11 is 5.98. The third-order valence-corrected chi connectivity index (χ3v) is 3.12. The molecular formula is C12H13ClN4O. The molecule has 0 fully saturated rings. The van der Waals surface area contributed by atoms with Gasteiger partial charge in [0.1, 0.15) is 0 Å². The lowest BCUT2D eigenvalue weighted by Gasteiger charge is -2.09. The summed E-state index contributed by atoms with van der Waals surface area (Å²) in [6, 6.07) is 5.19. The average Bonchev–Trinajstić information content (AvgIpc) is 2.64. The maximum Gasteiger partial charge on any atom is 0.257 e. The van der Waals surface area contributed by atoms with Crippen LogP contribution in [-0.2, 0) is 7.05 Å². The van der Waals surface area contributed by atoms with Crippen molar-refractivity contribution in [3.05, 3.63) is 40.5 Å². The smallest absolute Gasteiger partial charge is 0.257 e. The van der Waals surface area contributed by atoms with Crippen molar-refractivity contribution in [1.82, 2.24) is 9.78 Å². The molecule has 0 aliphatic rings. The summed E-state index contributed by atoms with van der Waals surface area (Å²) < 4.78 is 1.51. The predicted octanol–water partition coefficient (Wildman–Crippen LogP) is 2.22. The summed E-state index contributed by atoms with van der Waals surface area (Å²) in [5, 5.41) is 7.23. The second-order valence-electron chi connectivity index (χ2n) is 3.94. The number of rotatable bonds is 2. The fraction of sp³-hybridized carbons (Fsp3) is 0.167. The molecule has 0 aliphatic carbocycles. The molecule has 94 valence electrons. The Morgan fingerprint density at radius 1 is 1.50 bits per heavy atom. The van der Waals surface area contributed by atoms with Gasteiger partial charge in [0.25, 0.3) is 5.91 Å². The van der Waals surface area contributed by atoms with Gasteiger partial charge >= 0.3 is 0 Å². The second-order valence-corrected chi connectivity index (χ2v) is 4.35. The van der Waals surface area contributed by atoms with E-state index in [4.69, 9.17) is 17.3 Å². The maximum absolute atomic E-state index is 12.1. The second kappa shape index (κ2) is 4.70. The van der Waals surface area contributed by atoms with Crippen LogP contribution in [0.15, 0.2) is 24.4 Å². The number of nitrogens with one attached hydrogen (secondary N) is 1. The summed E-state index contributed by atoms with van der Waals surface area (Å²) in [4.78, 5) is 12.1. The highest BCUT2D eigenvalue weighted by molar-refractivity contribution is 6.32. The van der Waals surface area contributed by atoms with E-state index in [0.29, 0.717) is 22.1 Å². The zero-order valence-electron chi connectivity index (χ0n) is 10.1. The molecule has 0 spiro atoms. The van der Waals surface area contributed by atoms with Crippen LogP contribution in [0, 0.1) is 6.92 Å². The van der Waals surface area contributed by atoms with Crippen molar-refractivity contribution in [2.75, 3.05) is 11.1 Å². The first-order valence-corrected chi connectivity index (χ1v) is 5.72. The molecular weight excluding hydrogens is 252 g/mol. The van der Waals surface area contributed by atoms with Gasteiger partial charge in [0.2, 0.25) is 0 Å². The number of nitrogens with two attached hydrogens (primary N) is 1. The van der Waals surface area contributed by atoms with Crippen molar-refractivity contribution >= 4 is 29.0 Å². The van der Waals surface area contributed by atoms with Gasteiger partial charge < -0.3 is 11.1 Å². The number of nitrogen functional groups attached to an aromatic ring is 1. The van der Waals surface area contributed by atoms with Crippen molar-refractivity contribution in [3.63, 3.8) is 0 Å². The highest BCUT2D eigenvalue weighted by Crippen LogP contribution is 2.21. The van der Waals surface area contributed by atoms with E-state index in [1.807, 2.05) is 0 Å². The van der Waals surface area contributed by atoms with Crippen LogP contribution in [0.3, 0.4) is 0 Å². The number of hydrogen-bond donors (Lipinski definition) is 2. The third-order valence-electron chi connectivity index (χ3n) is 2.71. The van der Waals surface area contributed by atoms with Crippen LogP contribution in [0.4, 0.5) is 11.5 Å². The van der Waals surface area contributed by atoms with Crippen LogP contribution in [0.2, 0.25) is 5.02 Å². The lowest BCUT2D eigenvalue weighted by atomic mass is 10.1. The molecule has 18 heavy (non-hydrogen) atoms. The van der Waals surface area contributed by atoms with E-state index in [2.05, 4.69) is 10.4 Å². The van der Waals surface area contributed by atoms with Crippen molar-refractivity contribution in [1.29, 1.82) is 0 Å². The molecule has 0 saturated carbocycles. The van der Waals surface area contributed by atoms with Crippen molar-refractivity contribution in [2.45, 2.75) is 6.92 Å². The Hall–Kier alpha value is -2.01. The molecule has 0 saturated heterocycles. The van der Waals surface area contributed by atoms with Gasteiger partial charge in [0, 0.05) is 17.6 Å². The van der Waals surface area contributed by atoms with Crippen LogP contribution < -0.4 is 11.1 Å². The van der Waals surface area contributed by atoms with Gasteiger partial charge in [-0.25, -0.2) is 0 Å². The van der Waals surface area contributed by atoms with Crippen LogP contribution in [0.5, 0.6) is 0 Å². The summed E-state index contributed by atoms with van der Waals surface area (Å²) in [6.45, 7) is 1.80. The number of halogens is 1. The number of nitrogens with zero attached hydrogens (tertiary/aromatic N) is 2. The van der Waals surface area contributed by atoms with E-state index in [0.717, 1.165) is 5.56 Å². The van der Waals surface area contributed by atoms with E-state index < -0.39 is 0 Å². The zero-order valence-corrected chi connectivity index (χ0v) is 10.8. The fourth-order valence-corrected chi connectivity index (χ4v) is 1.81. The zero-order chi connectivity index (χ0) is 13.3. The van der Waals surface area contributed by atoms with Crippen molar-refractivity contribution in [2.24, 2.45) is 7.05 Å². The quantitative estimate of drug-likeness (QED) is 0.873. The molecule has 2 aromatic rings. The standard InChI is InChI=1S/C12H13ClN4O/c1-7-8(4-3-5-9(7)13)12(18)16-11-10(14)6-15-17(11)2/h3-6H,14H2,1-2H3,(H,16,18). The largest absolute Gasteiger partial charge is 0.394 e. The van der Waals surface area contributed by atoms with Gasteiger partial charge in [0.15, 0.2) is 5.82 Å².